The first-order valence-electron chi connectivity index (χ1n) is 9.87. The molecular formula is C24H14BrClN4OS. The third-order valence-corrected chi connectivity index (χ3v) is 7.07. The molecule has 0 unspecified atom stereocenters. The van der Waals surface area contributed by atoms with Crippen molar-refractivity contribution in [3.8, 4) is 0 Å². The first kappa shape index (κ1) is 19.7. The lowest BCUT2D eigenvalue weighted by Gasteiger charge is -2.05. The van der Waals surface area contributed by atoms with Gasteiger partial charge in [-0.05, 0) is 51.8 Å². The van der Waals surface area contributed by atoms with Gasteiger partial charge in [-0.1, -0.05) is 53.3 Å². The molecule has 0 spiro atoms. The molecule has 0 atom stereocenters. The third-order valence-electron chi connectivity index (χ3n) is 5.42. The first-order valence-corrected chi connectivity index (χ1v) is 11.9. The minimum absolute atomic E-state index is 0.100. The molecule has 4 heterocycles. The van der Waals surface area contributed by atoms with Gasteiger partial charge in [0.2, 0.25) is 0 Å². The standard InChI is InChI=1S/C24H14BrClN4OS/c25-16-10-19-22(27-11-16)30-23(31)21(32-24(30)28-19)9-15-13-29(20-4-2-1-3-18(15)20)12-14-5-7-17(26)8-6-14/h1-11,13H,12H2. The van der Waals surface area contributed by atoms with E-state index < -0.39 is 0 Å². The van der Waals surface area contributed by atoms with Gasteiger partial charge in [0.15, 0.2) is 10.6 Å². The van der Waals surface area contributed by atoms with E-state index in [1.54, 1.807) is 10.6 Å². The maximum atomic E-state index is 13.2. The van der Waals surface area contributed by atoms with Crippen molar-refractivity contribution in [2.45, 2.75) is 6.54 Å². The molecule has 8 heteroatoms. The number of fused-ring (bicyclic) bond motifs is 4. The third kappa shape index (κ3) is 3.24. The normalized spacial score (nSPS) is 12.5. The summed E-state index contributed by atoms with van der Waals surface area (Å²) in [6.07, 6.45) is 5.73. The van der Waals surface area contributed by atoms with Crippen molar-refractivity contribution in [1.82, 2.24) is 18.9 Å². The van der Waals surface area contributed by atoms with Gasteiger partial charge in [-0.25, -0.2) is 14.4 Å². The molecule has 0 bridgehead atoms. The van der Waals surface area contributed by atoms with Gasteiger partial charge in [0.05, 0.1) is 4.53 Å². The van der Waals surface area contributed by atoms with E-state index in [4.69, 9.17) is 11.6 Å². The summed E-state index contributed by atoms with van der Waals surface area (Å²) in [5.74, 6) is 0. The van der Waals surface area contributed by atoms with E-state index in [2.05, 4.69) is 48.8 Å². The fourth-order valence-corrected chi connectivity index (χ4v) is 5.37. The van der Waals surface area contributed by atoms with Crippen LogP contribution in [0.25, 0.3) is 33.1 Å². The van der Waals surface area contributed by atoms with E-state index in [0.717, 1.165) is 31.5 Å². The van der Waals surface area contributed by atoms with Gasteiger partial charge in [-0.2, -0.15) is 0 Å². The smallest absolute Gasteiger partial charge is 0.276 e. The highest BCUT2D eigenvalue weighted by Gasteiger charge is 2.14. The topological polar surface area (TPSA) is 52.2 Å². The Bertz CT molecular complexity index is 1750. The zero-order valence-corrected chi connectivity index (χ0v) is 19.7. The molecule has 0 aliphatic carbocycles. The molecule has 5 nitrogen and oxygen atoms in total. The lowest BCUT2D eigenvalue weighted by atomic mass is 10.2. The van der Waals surface area contributed by atoms with Crippen molar-refractivity contribution in [3.05, 3.63) is 102 Å². The van der Waals surface area contributed by atoms with Gasteiger partial charge in [0.1, 0.15) is 5.52 Å². The summed E-state index contributed by atoms with van der Waals surface area (Å²) in [6, 6.07) is 17.9. The summed E-state index contributed by atoms with van der Waals surface area (Å²) >= 11 is 10.8. The SMILES string of the molecule is O=c1c(=Cc2cn(Cc3ccc(Cl)cc3)c3ccccc23)sc2nc3cc(Br)cnc3n12. The van der Waals surface area contributed by atoms with Crippen LogP contribution in [0, 0.1) is 0 Å². The van der Waals surface area contributed by atoms with Crippen LogP contribution in [0.15, 0.2) is 76.3 Å². The molecule has 0 N–H and O–H groups in total. The fraction of sp³-hybridized carbons (Fsp3) is 0.0417. The lowest BCUT2D eigenvalue weighted by Crippen LogP contribution is -2.22. The van der Waals surface area contributed by atoms with Gasteiger partial charge in [-0.15, -0.1) is 0 Å². The van der Waals surface area contributed by atoms with Crippen LogP contribution >= 0.6 is 38.9 Å². The number of imidazole rings is 1. The fourth-order valence-electron chi connectivity index (χ4n) is 3.96. The van der Waals surface area contributed by atoms with E-state index in [0.29, 0.717) is 27.2 Å². The molecule has 32 heavy (non-hydrogen) atoms. The Labute approximate surface area is 199 Å². The van der Waals surface area contributed by atoms with Crippen LogP contribution < -0.4 is 10.1 Å². The Kier molecular flexibility index (Phi) is 4.64. The van der Waals surface area contributed by atoms with Crippen LogP contribution in [0.2, 0.25) is 5.02 Å². The van der Waals surface area contributed by atoms with Crippen molar-refractivity contribution in [3.63, 3.8) is 0 Å². The Balaban J connectivity index is 1.51. The number of para-hydroxylation sites is 1. The summed E-state index contributed by atoms with van der Waals surface area (Å²) in [4.78, 5) is 22.8. The largest absolute Gasteiger partial charge is 0.342 e. The number of pyridine rings is 1. The van der Waals surface area contributed by atoms with Crippen LogP contribution in [0.1, 0.15) is 11.1 Å². The molecule has 2 aromatic carbocycles. The van der Waals surface area contributed by atoms with Gasteiger partial charge in [0, 0.05) is 44.9 Å². The average Bonchev–Trinajstić information content (AvgIpc) is 3.41. The van der Waals surface area contributed by atoms with Crippen LogP contribution in [0.3, 0.4) is 0 Å². The number of halogens is 2. The summed E-state index contributed by atoms with van der Waals surface area (Å²) in [7, 11) is 0. The Morgan fingerprint density at radius 2 is 1.94 bits per heavy atom. The number of benzene rings is 2. The van der Waals surface area contributed by atoms with Crippen LogP contribution in [-0.4, -0.2) is 18.9 Å². The quantitative estimate of drug-likeness (QED) is 0.319. The molecule has 0 radical (unpaired) electrons. The summed E-state index contributed by atoms with van der Waals surface area (Å²) in [5.41, 5.74) is 4.44. The Hall–Kier alpha value is -3.00. The number of nitrogens with zero attached hydrogens (tertiary/aromatic N) is 4. The summed E-state index contributed by atoms with van der Waals surface area (Å²) < 4.78 is 5.25. The zero-order valence-electron chi connectivity index (χ0n) is 16.5. The highest BCUT2D eigenvalue weighted by atomic mass is 79.9. The Morgan fingerprint density at radius 1 is 1.12 bits per heavy atom. The number of rotatable bonds is 3. The molecule has 0 aliphatic heterocycles. The van der Waals surface area contributed by atoms with Gasteiger partial charge < -0.3 is 4.57 Å². The van der Waals surface area contributed by atoms with E-state index in [1.165, 1.54) is 11.3 Å². The second-order valence-corrected chi connectivity index (χ2v) is 9.86. The van der Waals surface area contributed by atoms with Crippen molar-refractivity contribution in [2.75, 3.05) is 0 Å². The Morgan fingerprint density at radius 3 is 2.78 bits per heavy atom. The molecule has 0 aliphatic rings. The van der Waals surface area contributed by atoms with Gasteiger partial charge >= 0.3 is 0 Å². The predicted molar refractivity (Wildman–Crippen MR) is 134 cm³/mol. The number of hydrogen-bond acceptors (Lipinski definition) is 4. The predicted octanol–water partition coefficient (Wildman–Crippen LogP) is 5.27. The number of aromatic nitrogens is 4. The highest BCUT2D eigenvalue weighted by molar-refractivity contribution is 9.10. The molecule has 4 aromatic heterocycles. The number of thiazole rings is 1. The summed E-state index contributed by atoms with van der Waals surface area (Å²) in [5, 5.41) is 1.82. The molecular weight excluding hydrogens is 508 g/mol. The van der Waals surface area contributed by atoms with Crippen molar-refractivity contribution >= 4 is 72.0 Å². The molecule has 0 amide bonds. The molecule has 0 fully saturated rings. The van der Waals surface area contributed by atoms with E-state index >= 15 is 0 Å². The second kappa shape index (κ2) is 7.55. The minimum Gasteiger partial charge on any atom is -0.342 e. The van der Waals surface area contributed by atoms with Crippen molar-refractivity contribution in [2.24, 2.45) is 0 Å². The van der Waals surface area contributed by atoms with Gasteiger partial charge in [-0.3, -0.25) is 4.79 Å². The molecule has 0 saturated heterocycles. The maximum Gasteiger partial charge on any atom is 0.276 e. The zero-order chi connectivity index (χ0) is 21.8. The molecule has 6 rings (SSSR count). The van der Waals surface area contributed by atoms with E-state index in [9.17, 15) is 4.79 Å². The van der Waals surface area contributed by atoms with Crippen LogP contribution in [0.5, 0.6) is 0 Å². The van der Waals surface area contributed by atoms with Crippen LogP contribution in [-0.2, 0) is 6.54 Å². The monoisotopic (exact) mass is 520 g/mol. The van der Waals surface area contributed by atoms with Gasteiger partial charge in [0.25, 0.3) is 5.56 Å². The second-order valence-electron chi connectivity index (χ2n) is 7.50. The highest BCUT2D eigenvalue weighted by Crippen LogP contribution is 2.24. The first-order chi connectivity index (χ1) is 15.6. The molecule has 0 saturated carbocycles. The summed E-state index contributed by atoms with van der Waals surface area (Å²) in [6.45, 7) is 0.715. The van der Waals surface area contributed by atoms with E-state index in [-0.39, 0.29) is 5.56 Å². The van der Waals surface area contributed by atoms with Crippen molar-refractivity contribution in [1.29, 1.82) is 0 Å². The number of hydrogen-bond donors (Lipinski definition) is 0. The molecule has 6 aromatic rings. The minimum atomic E-state index is -0.100. The van der Waals surface area contributed by atoms with Crippen molar-refractivity contribution < 1.29 is 0 Å². The average molecular weight is 522 g/mol. The maximum absolute atomic E-state index is 13.2. The van der Waals surface area contributed by atoms with Crippen LogP contribution in [0.4, 0.5) is 0 Å². The van der Waals surface area contributed by atoms with E-state index in [1.807, 2.05) is 48.5 Å². The lowest BCUT2D eigenvalue weighted by molar-refractivity contribution is 0.836. The molecule has 156 valence electrons.